The Labute approximate surface area is 175 Å². The van der Waals surface area contributed by atoms with Crippen molar-refractivity contribution < 1.29 is 0 Å². The van der Waals surface area contributed by atoms with Gasteiger partial charge in [0, 0.05) is 24.8 Å². The molecule has 142 valence electrons. The summed E-state index contributed by atoms with van der Waals surface area (Å²) in [4.78, 5) is 8.13. The summed E-state index contributed by atoms with van der Waals surface area (Å²) in [5, 5.41) is 5.00. The molecule has 0 spiro atoms. The lowest BCUT2D eigenvalue weighted by Gasteiger charge is -2.05. The molecule has 0 atom stereocenters. The molecule has 5 rings (SSSR count). The molecule has 2 aromatic heterocycles. The van der Waals surface area contributed by atoms with Crippen molar-refractivity contribution in [3.8, 4) is 0 Å². The van der Waals surface area contributed by atoms with Crippen LogP contribution in [0.1, 0.15) is 22.3 Å². The van der Waals surface area contributed by atoms with Crippen LogP contribution in [0.4, 0.5) is 0 Å². The van der Waals surface area contributed by atoms with Crippen molar-refractivity contribution in [3.05, 3.63) is 120 Å². The molecule has 0 aliphatic heterocycles. The van der Waals surface area contributed by atoms with E-state index in [1.807, 2.05) is 49.1 Å². The molecular formula is C28H20N2. The summed E-state index contributed by atoms with van der Waals surface area (Å²) in [6.45, 7) is 0. The molecular weight excluding hydrogens is 364 g/mol. The van der Waals surface area contributed by atoms with Gasteiger partial charge in [0.25, 0.3) is 0 Å². The van der Waals surface area contributed by atoms with E-state index in [0.717, 1.165) is 11.1 Å². The Morgan fingerprint density at radius 1 is 0.367 bits per heavy atom. The second-order valence-corrected chi connectivity index (χ2v) is 7.29. The second kappa shape index (κ2) is 8.14. The number of pyridine rings is 2. The third-order valence-corrected chi connectivity index (χ3v) is 5.19. The SMILES string of the molecule is C(=C\c1ccc2cc3cc(/C=C/c4ccncc4)ccc3cc2c1)/c1ccncc1. The Morgan fingerprint density at radius 3 is 1.20 bits per heavy atom. The summed E-state index contributed by atoms with van der Waals surface area (Å²) in [5.41, 5.74) is 4.68. The first-order valence-electron chi connectivity index (χ1n) is 9.97. The minimum Gasteiger partial charge on any atom is -0.265 e. The van der Waals surface area contributed by atoms with Gasteiger partial charge < -0.3 is 0 Å². The van der Waals surface area contributed by atoms with Crippen LogP contribution >= 0.6 is 0 Å². The van der Waals surface area contributed by atoms with E-state index in [0.29, 0.717) is 0 Å². The van der Waals surface area contributed by atoms with Crippen LogP contribution in [-0.2, 0) is 0 Å². The van der Waals surface area contributed by atoms with Gasteiger partial charge in [0.15, 0.2) is 0 Å². The van der Waals surface area contributed by atoms with Crippen LogP contribution in [0.5, 0.6) is 0 Å². The molecule has 5 aromatic rings. The summed E-state index contributed by atoms with van der Waals surface area (Å²) in [6, 6.07) is 25.8. The largest absolute Gasteiger partial charge is 0.265 e. The monoisotopic (exact) mass is 384 g/mol. The summed E-state index contributed by atoms with van der Waals surface area (Å²) >= 11 is 0. The molecule has 0 fully saturated rings. The van der Waals surface area contributed by atoms with Crippen LogP contribution in [0, 0.1) is 0 Å². The smallest absolute Gasteiger partial charge is 0.0273 e. The molecule has 0 amide bonds. The zero-order valence-corrected chi connectivity index (χ0v) is 16.4. The van der Waals surface area contributed by atoms with E-state index in [2.05, 4.69) is 82.8 Å². The molecule has 0 N–H and O–H groups in total. The van der Waals surface area contributed by atoms with Gasteiger partial charge in [-0.3, -0.25) is 9.97 Å². The zero-order valence-electron chi connectivity index (χ0n) is 16.4. The normalized spacial score (nSPS) is 11.7. The maximum Gasteiger partial charge on any atom is 0.0273 e. The maximum atomic E-state index is 4.06. The van der Waals surface area contributed by atoms with Gasteiger partial charge in [-0.1, -0.05) is 48.6 Å². The van der Waals surface area contributed by atoms with Crippen LogP contribution in [0.2, 0.25) is 0 Å². The van der Waals surface area contributed by atoms with Gasteiger partial charge in [-0.25, -0.2) is 0 Å². The minimum absolute atomic E-state index is 1.15. The molecule has 2 nitrogen and oxygen atoms in total. The van der Waals surface area contributed by atoms with E-state index in [-0.39, 0.29) is 0 Å². The van der Waals surface area contributed by atoms with E-state index in [9.17, 15) is 0 Å². The van der Waals surface area contributed by atoms with Gasteiger partial charge in [-0.2, -0.15) is 0 Å². The Morgan fingerprint density at radius 2 is 0.767 bits per heavy atom. The lowest BCUT2D eigenvalue weighted by Crippen LogP contribution is -1.81. The maximum absolute atomic E-state index is 4.06. The summed E-state index contributed by atoms with van der Waals surface area (Å²) in [5.74, 6) is 0. The van der Waals surface area contributed by atoms with Crippen LogP contribution in [0.15, 0.2) is 97.6 Å². The standard InChI is InChI=1S/C28H20N2/c1(21-9-13-29-14-10-21)3-23-5-7-25-20-28-18-24(4-2-22-11-15-30-16-12-22)6-8-26(28)19-27(25)17-23/h1-20H/b3-1+,4-2+. The molecule has 0 radical (unpaired) electrons. The summed E-state index contributed by atoms with van der Waals surface area (Å²) in [7, 11) is 0. The quantitative estimate of drug-likeness (QED) is 0.308. The highest BCUT2D eigenvalue weighted by atomic mass is 14.6. The van der Waals surface area contributed by atoms with Crippen molar-refractivity contribution in [2.45, 2.75) is 0 Å². The van der Waals surface area contributed by atoms with Crippen molar-refractivity contribution >= 4 is 45.8 Å². The fourth-order valence-corrected chi connectivity index (χ4v) is 3.58. The van der Waals surface area contributed by atoms with Crippen molar-refractivity contribution in [1.82, 2.24) is 9.97 Å². The minimum atomic E-state index is 1.15. The lowest BCUT2D eigenvalue weighted by molar-refractivity contribution is 1.32. The highest BCUT2D eigenvalue weighted by molar-refractivity contribution is 6.00. The first-order chi connectivity index (χ1) is 14.8. The van der Waals surface area contributed by atoms with E-state index in [1.165, 1.54) is 32.7 Å². The lowest BCUT2D eigenvalue weighted by atomic mass is 9.99. The zero-order chi connectivity index (χ0) is 20.2. The predicted octanol–water partition coefficient (Wildman–Crippen LogP) is 7.12. The summed E-state index contributed by atoms with van der Waals surface area (Å²) in [6.07, 6.45) is 15.8. The Bertz CT molecular complexity index is 1260. The number of aromatic nitrogens is 2. The Balaban J connectivity index is 1.45. The average Bonchev–Trinajstić information content (AvgIpc) is 2.81. The third-order valence-electron chi connectivity index (χ3n) is 5.19. The number of fused-ring (bicyclic) bond motifs is 2. The fourth-order valence-electron chi connectivity index (χ4n) is 3.58. The molecule has 0 aliphatic rings. The molecule has 0 saturated carbocycles. The van der Waals surface area contributed by atoms with E-state index in [4.69, 9.17) is 0 Å². The highest BCUT2D eigenvalue weighted by Gasteiger charge is 2.00. The number of benzene rings is 3. The number of rotatable bonds is 4. The fraction of sp³-hybridized carbons (Fsp3) is 0. The first kappa shape index (κ1) is 18.0. The van der Waals surface area contributed by atoms with Crippen molar-refractivity contribution in [1.29, 1.82) is 0 Å². The third kappa shape index (κ3) is 4.03. The van der Waals surface area contributed by atoms with Gasteiger partial charge in [0.05, 0.1) is 0 Å². The van der Waals surface area contributed by atoms with Crippen molar-refractivity contribution in [2.24, 2.45) is 0 Å². The first-order valence-corrected chi connectivity index (χ1v) is 9.97. The van der Waals surface area contributed by atoms with E-state index in [1.54, 1.807) is 0 Å². The van der Waals surface area contributed by atoms with Gasteiger partial charge in [-0.15, -0.1) is 0 Å². The van der Waals surface area contributed by atoms with Crippen molar-refractivity contribution in [2.75, 3.05) is 0 Å². The van der Waals surface area contributed by atoms with Crippen LogP contribution in [-0.4, -0.2) is 9.97 Å². The second-order valence-electron chi connectivity index (χ2n) is 7.29. The number of hydrogen-bond donors (Lipinski definition) is 0. The molecule has 3 aromatic carbocycles. The topological polar surface area (TPSA) is 25.8 Å². The predicted molar refractivity (Wildman–Crippen MR) is 128 cm³/mol. The Kier molecular flexibility index (Phi) is 4.89. The van der Waals surface area contributed by atoms with Crippen LogP contribution in [0.3, 0.4) is 0 Å². The van der Waals surface area contributed by atoms with Crippen molar-refractivity contribution in [3.63, 3.8) is 0 Å². The van der Waals surface area contributed by atoms with Crippen LogP contribution in [0.25, 0.3) is 45.8 Å². The number of hydrogen-bond acceptors (Lipinski definition) is 2. The highest BCUT2D eigenvalue weighted by Crippen LogP contribution is 2.26. The molecule has 0 aliphatic carbocycles. The molecule has 2 heterocycles. The van der Waals surface area contributed by atoms with E-state index < -0.39 is 0 Å². The van der Waals surface area contributed by atoms with Gasteiger partial charge >= 0.3 is 0 Å². The van der Waals surface area contributed by atoms with Gasteiger partial charge in [-0.05, 0) is 92.3 Å². The van der Waals surface area contributed by atoms with E-state index >= 15 is 0 Å². The Hall–Kier alpha value is -4.04. The summed E-state index contributed by atoms with van der Waals surface area (Å²) < 4.78 is 0. The average molecular weight is 384 g/mol. The number of nitrogens with zero attached hydrogens (tertiary/aromatic N) is 2. The van der Waals surface area contributed by atoms with Gasteiger partial charge in [0.2, 0.25) is 0 Å². The molecule has 0 saturated heterocycles. The molecule has 0 unspecified atom stereocenters. The van der Waals surface area contributed by atoms with Gasteiger partial charge in [0.1, 0.15) is 0 Å². The molecule has 2 heteroatoms. The molecule has 30 heavy (non-hydrogen) atoms. The van der Waals surface area contributed by atoms with Crippen LogP contribution < -0.4 is 0 Å². The molecule has 0 bridgehead atoms.